The van der Waals surface area contributed by atoms with Crippen LogP contribution in [0.1, 0.15) is 25.3 Å². The van der Waals surface area contributed by atoms with E-state index in [4.69, 9.17) is 9.84 Å². The Morgan fingerprint density at radius 3 is 2.90 bits per heavy atom. The zero-order valence-electron chi connectivity index (χ0n) is 11.5. The third-order valence-electron chi connectivity index (χ3n) is 3.33. The van der Waals surface area contributed by atoms with Crippen molar-refractivity contribution in [2.75, 3.05) is 19.7 Å². The molecule has 1 aromatic rings. The molecule has 0 spiro atoms. The molecule has 6 nitrogen and oxygen atoms in total. The van der Waals surface area contributed by atoms with Gasteiger partial charge in [0.2, 0.25) is 0 Å². The smallest absolute Gasteiger partial charge is 0.260 e. The maximum absolute atomic E-state index is 12.5. The molecule has 0 amide bonds. The van der Waals surface area contributed by atoms with E-state index in [9.17, 15) is 8.42 Å². The van der Waals surface area contributed by atoms with Crippen LogP contribution in [0, 0.1) is 0 Å². The molecule has 2 rings (SSSR count). The van der Waals surface area contributed by atoms with Crippen molar-refractivity contribution in [3.63, 3.8) is 0 Å². The first kappa shape index (κ1) is 15.4. The van der Waals surface area contributed by atoms with Crippen LogP contribution in [0.4, 0.5) is 0 Å². The summed E-state index contributed by atoms with van der Waals surface area (Å²) in [7, 11) is -3.58. The second-order valence-corrected chi connectivity index (χ2v) is 6.63. The maximum Gasteiger partial charge on any atom is 0.260 e. The van der Waals surface area contributed by atoms with Crippen LogP contribution in [-0.4, -0.2) is 48.6 Å². The van der Waals surface area contributed by atoms with Gasteiger partial charge >= 0.3 is 0 Å². The zero-order chi connectivity index (χ0) is 14.6. The molecule has 0 saturated carbocycles. The van der Waals surface area contributed by atoms with Crippen molar-refractivity contribution in [3.05, 3.63) is 23.9 Å². The number of ether oxygens (including phenoxy) is 1. The standard InChI is InChI=1S/C13H20N2O4S/c1-2-19-12-4-3-7-15(9-12)20(17,18)13-6-5-11(10-16)8-14-13/h5-6,8,12,16H,2-4,7,9-10H2,1H3. The third-order valence-corrected chi connectivity index (χ3v) is 5.11. The minimum absolute atomic E-state index is 0.0202. The van der Waals surface area contributed by atoms with Gasteiger partial charge in [0.25, 0.3) is 10.0 Å². The summed E-state index contributed by atoms with van der Waals surface area (Å²) >= 11 is 0. The van der Waals surface area contributed by atoms with Gasteiger partial charge in [0.05, 0.1) is 12.7 Å². The van der Waals surface area contributed by atoms with E-state index in [0.29, 0.717) is 25.3 Å². The summed E-state index contributed by atoms with van der Waals surface area (Å²) in [5, 5.41) is 8.98. The number of nitrogens with zero attached hydrogens (tertiary/aromatic N) is 2. The van der Waals surface area contributed by atoms with Crippen molar-refractivity contribution < 1.29 is 18.3 Å². The Bertz CT molecular complexity index is 528. The fraction of sp³-hybridized carbons (Fsp3) is 0.615. The van der Waals surface area contributed by atoms with Crippen molar-refractivity contribution in [2.24, 2.45) is 0 Å². The Morgan fingerprint density at radius 1 is 1.50 bits per heavy atom. The first-order valence-corrected chi connectivity index (χ1v) is 8.19. The van der Waals surface area contributed by atoms with Gasteiger partial charge in [-0.2, -0.15) is 4.31 Å². The lowest BCUT2D eigenvalue weighted by Crippen LogP contribution is -2.43. The number of aromatic nitrogens is 1. The third kappa shape index (κ3) is 3.35. The SMILES string of the molecule is CCOC1CCCN(S(=O)(=O)c2ccc(CO)cn2)C1. The highest BCUT2D eigenvalue weighted by atomic mass is 32.2. The van der Waals surface area contributed by atoms with Crippen molar-refractivity contribution in [2.45, 2.75) is 37.5 Å². The molecule has 0 aliphatic carbocycles. The van der Waals surface area contributed by atoms with Crippen molar-refractivity contribution in [3.8, 4) is 0 Å². The number of hydrogen-bond donors (Lipinski definition) is 1. The van der Waals surface area contributed by atoms with Crippen LogP contribution < -0.4 is 0 Å². The Balaban J connectivity index is 2.16. The minimum Gasteiger partial charge on any atom is -0.392 e. The summed E-state index contributed by atoms with van der Waals surface area (Å²) in [5.41, 5.74) is 0.592. The number of rotatable bonds is 5. The van der Waals surface area contributed by atoms with Crippen molar-refractivity contribution in [1.82, 2.24) is 9.29 Å². The molecule has 0 aromatic carbocycles. The molecule has 2 heterocycles. The highest BCUT2D eigenvalue weighted by molar-refractivity contribution is 7.89. The average molecular weight is 300 g/mol. The Kier molecular flexibility index (Phi) is 5.09. The largest absolute Gasteiger partial charge is 0.392 e. The lowest BCUT2D eigenvalue weighted by atomic mass is 10.1. The van der Waals surface area contributed by atoms with E-state index in [2.05, 4.69) is 4.98 Å². The average Bonchev–Trinajstić information content (AvgIpc) is 2.48. The van der Waals surface area contributed by atoms with Crippen LogP contribution in [0.25, 0.3) is 0 Å². The van der Waals surface area contributed by atoms with Gasteiger partial charge in [0, 0.05) is 25.9 Å². The van der Waals surface area contributed by atoms with Gasteiger partial charge in [-0.1, -0.05) is 6.07 Å². The predicted octanol–water partition coefficient (Wildman–Crippen LogP) is 0.764. The Labute approximate surface area is 119 Å². The zero-order valence-corrected chi connectivity index (χ0v) is 12.3. The van der Waals surface area contributed by atoms with Gasteiger partial charge in [-0.15, -0.1) is 0 Å². The minimum atomic E-state index is -3.58. The van der Waals surface area contributed by atoms with Crippen LogP contribution in [0.2, 0.25) is 0 Å². The number of aliphatic hydroxyl groups is 1. The molecule has 0 bridgehead atoms. The van der Waals surface area contributed by atoms with E-state index >= 15 is 0 Å². The molecule has 1 aliphatic rings. The number of hydrogen-bond acceptors (Lipinski definition) is 5. The maximum atomic E-state index is 12.5. The van der Waals surface area contributed by atoms with E-state index in [1.807, 2.05) is 6.92 Å². The van der Waals surface area contributed by atoms with Gasteiger partial charge in [-0.25, -0.2) is 13.4 Å². The molecule has 112 valence electrons. The van der Waals surface area contributed by atoms with E-state index in [-0.39, 0.29) is 17.7 Å². The number of aliphatic hydroxyl groups excluding tert-OH is 1. The molecular formula is C13H20N2O4S. The number of piperidine rings is 1. The van der Waals surface area contributed by atoms with E-state index < -0.39 is 10.0 Å². The van der Waals surface area contributed by atoms with Crippen LogP contribution in [0.3, 0.4) is 0 Å². The fourth-order valence-electron chi connectivity index (χ4n) is 2.28. The fourth-order valence-corrected chi connectivity index (χ4v) is 3.71. The van der Waals surface area contributed by atoms with Crippen molar-refractivity contribution in [1.29, 1.82) is 0 Å². The van der Waals surface area contributed by atoms with Crippen LogP contribution in [0.15, 0.2) is 23.4 Å². The van der Waals surface area contributed by atoms with Gasteiger partial charge in [0.1, 0.15) is 0 Å². The quantitative estimate of drug-likeness (QED) is 0.868. The molecule has 1 atom stereocenters. The molecule has 1 unspecified atom stereocenters. The summed E-state index contributed by atoms with van der Waals surface area (Å²) in [5.74, 6) is 0. The van der Waals surface area contributed by atoms with Crippen LogP contribution >= 0.6 is 0 Å². The van der Waals surface area contributed by atoms with E-state index in [1.165, 1.54) is 16.6 Å². The van der Waals surface area contributed by atoms with Crippen LogP contribution in [0.5, 0.6) is 0 Å². The molecular weight excluding hydrogens is 280 g/mol. The lowest BCUT2D eigenvalue weighted by molar-refractivity contribution is 0.0264. The Morgan fingerprint density at radius 2 is 2.30 bits per heavy atom. The van der Waals surface area contributed by atoms with Gasteiger partial charge in [-0.05, 0) is 31.4 Å². The highest BCUT2D eigenvalue weighted by Gasteiger charge is 2.31. The van der Waals surface area contributed by atoms with Crippen LogP contribution in [-0.2, 0) is 21.4 Å². The molecule has 1 saturated heterocycles. The lowest BCUT2D eigenvalue weighted by Gasteiger charge is -2.31. The number of pyridine rings is 1. The summed E-state index contributed by atoms with van der Waals surface area (Å²) in [6, 6.07) is 3.01. The molecule has 7 heteroatoms. The van der Waals surface area contributed by atoms with E-state index in [0.717, 1.165) is 12.8 Å². The molecule has 1 fully saturated rings. The first-order chi connectivity index (χ1) is 9.57. The topological polar surface area (TPSA) is 79.7 Å². The summed E-state index contributed by atoms with van der Waals surface area (Å²) in [6.07, 6.45) is 3.02. The summed E-state index contributed by atoms with van der Waals surface area (Å²) < 4.78 is 31.9. The molecule has 20 heavy (non-hydrogen) atoms. The molecule has 1 aliphatic heterocycles. The van der Waals surface area contributed by atoms with Gasteiger partial charge < -0.3 is 9.84 Å². The number of sulfonamides is 1. The molecule has 0 radical (unpaired) electrons. The monoisotopic (exact) mass is 300 g/mol. The summed E-state index contributed by atoms with van der Waals surface area (Å²) in [4.78, 5) is 3.94. The highest BCUT2D eigenvalue weighted by Crippen LogP contribution is 2.21. The predicted molar refractivity (Wildman–Crippen MR) is 73.6 cm³/mol. The second-order valence-electron chi connectivity index (χ2n) is 4.75. The van der Waals surface area contributed by atoms with E-state index in [1.54, 1.807) is 6.07 Å². The molecule has 1 N–H and O–H groups in total. The van der Waals surface area contributed by atoms with Crippen molar-refractivity contribution >= 4 is 10.0 Å². The first-order valence-electron chi connectivity index (χ1n) is 6.75. The van der Waals surface area contributed by atoms with Gasteiger partial charge in [-0.3, -0.25) is 0 Å². The van der Waals surface area contributed by atoms with Gasteiger partial charge in [0.15, 0.2) is 5.03 Å². The Hall–Kier alpha value is -1.02. The normalized spacial score (nSPS) is 21.0. The molecule has 1 aromatic heterocycles. The summed E-state index contributed by atoms with van der Waals surface area (Å²) in [6.45, 7) is 3.21. The second kappa shape index (κ2) is 6.62.